The van der Waals surface area contributed by atoms with Gasteiger partial charge in [0.15, 0.2) is 5.75 Å². The number of rotatable bonds is 9. The maximum atomic E-state index is 12.4. The molecule has 0 bridgehead atoms. The summed E-state index contributed by atoms with van der Waals surface area (Å²) < 4.78 is 11.9. The van der Waals surface area contributed by atoms with Gasteiger partial charge in [0.1, 0.15) is 17.5 Å². The van der Waals surface area contributed by atoms with Crippen molar-refractivity contribution in [3.8, 4) is 17.2 Å². The molecule has 168 valence electrons. The van der Waals surface area contributed by atoms with Crippen LogP contribution >= 0.6 is 31.9 Å². The van der Waals surface area contributed by atoms with Crippen molar-refractivity contribution in [2.75, 3.05) is 13.7 Å². The van der Waals surface area contributed by atoms with Crippen molar-refractivity contribution < 1.29 is 29.3 Å². The van der Waals surface area contributed by atoms with E-state index >= 15 is 0 Å². The summed E-state index contributed by atoms with van der Waals surface area (Å²) in [6.45, 7) is 3.71. The van der Waals surface area contributed by atoms with Crippen molar-refractivity contribution in [2.24, 2.45) is 0 Å². The van der Waals surface area contributed by atoms with E-state index in [4.69, 9.17) is 9.84 Å². The average molecular weight is 559 g/mol. The third kappa shape index (κ3) is 6.95. The van der Waals surface area contributed by atoms with E-state index in [9.17, 15) is 14.7 Å². The Balaban J connectivity index is 2.16. The zero-order chi connectivity index (χ0) is 23.1. The summed E-state index contributed by atoms with van der Waals surface area (Å²) >= 11 is 6.95. The van der Waals surface area contributed by atoms with Gasteiger partial charge in [-0.25, -0.2) is 4.79 Å². The first kappa shape index (κ1) is 25.2. The van der Waals surface area contributed by atoms with Crippen molar-refractivity contribution in [1.29, 1.82) is 0 Å². The zero-order valence-electron chi connectivity index (χ0n) is 17.4. The summed E-state index contributed by atoms with van der Waals surface area (Å²) in [5, 5.41) is 21.6. The monoisotopic (exact) mass is 557 g/mol. The number of benzene rings is 2. The Morgan fingerprint density at radius 1 is 1.13 bits per heavy atom. The molecule has 3 N–H and O–H groups in total. The fourth-order valence-electron chi connectivity index (χ4n) is 2.94. The van der Waals surface area contributed by atoms with Crippen molar-refractivity contribution in [3.63, 3.8) is 0 Å². The number of aromatic hydroxyl groups is 1. The zero-order valence-corrected chi connectivity index (χ0v) is 20.6. The largest absolute Gasteiger partial charge is 0.508 e. The number of carbonyl (C=O) groups excluding carboxylic acids is 2. The van der Waals surface area contributed by atoms with Crippen molar-refractivity contribution in [2.45, 2.75) is 38.6 Å². The molecule has 0 spiro atoms. The number of halogens is 2. The number of ether oxygens (including phenoxy) is 2. The molecule has 0 aliphatic rings. The lowest BCUT2D eigenvalue weighted by Gasteiger charge is -2.16. The number of phenolic OH excluding ortho intramolecular Hbond substituents is 1. The minimum Gasteiger partial charge on any atom is -0.508 e. The molecule has 2 rings (SSSR count). The van der Waals surface area contributed by atoms with Crippen LogP contribution in [0.5, 0.6) is 17.2 Å². The van der Waals surface area contributed by atoms with Gasteiger partial charge in [-0.3, -0.25) is 4.79 Å². The third-order valence-corrected chi connectivity index (χ3v) is 5.68. The first-order valence-electron chi connectivity index (χ1n) is 9.63. The minimum atomic E-state index is -0.901. The van der Waals surface area contributed by atoms with Crippen LogP contribution in [-0.4, -0.2) is 41.8 Å². The number of amides is 1. The molecule has 2 aromatic rings. The predicted octanol–water partition coefficient (Wildman–Crippen LogP) is 4.42. The van der Waals surface area contributed by atoms with Crippen LogP contribution in [0.2, 0.25) is 0 Å². The number of methoxy groups -OCH3 is 1. The first-order chi connectivity index (χ1) is 14.7. The molecule has 1 amide bonds. The number of aliphatic hydroxyl groups is 1. The summed E-state index contributed by atoms with van der Waals surface area (Å²) in [5.41, 5.74) is 1.46. The summed E-state index contributed by atoms with van der Waals surface area (Å²) in [5.74, 6) is 0.458. The molecule has 0 saturated heterocycles. The number of hydrogen-bond donors (Lipinski definition) is 3. The third-order valence-electron chi connectivity index (χ3n) is 4.50. The molecule has 7 nitrogen and oxygen atoms in total. The van der Waals surface area contributed by atoms with E-state index in [1.165, 1.54) is 7.11 Å². The van der Waals surface area contributed by atoms with Gasteiger partial charge in [-0.15, -0.1) is 0 Å². The van der Waals surface area contributed by atoms with Gasteiger partial charge in [0, 0.05) is 18.6 Å². The summed E-state index contributed by atoms with van der Waals surface area (Å²) in [7, 11) is 1.23. The molecular formula is C22H25Br2NO6. The molecule has 1 atom stereocenters. The second-order valence-corrected chi connectivity index (χ2v) is 8.91. The molecule has 0 aliphatic carbocycles. The maximum absolute atomic E-state index is 12.4. The minimum absolute atomic E-state index is 0.0209. The van der Waals surface area contributed by atoms with E-state index in [1.807, 2.05) is 13.8 Å². The Morgan fingerprint density at radius 3 is 2.32 bits per heavy atom. The Morgan fingerprint density at radius 2 is 1.77 bits per heavy atom. The van der Waals surface area contributed by atoms with E-state index in [0.717, 1.165) is 5.56 Å². The lowest BCUT2D eigenvalue weighted by molar-refractivity contribution is -0.145. The quantitative estimate of drug-likeness (QED) is 0.394. The van der Waals surface area contributed by atoms with Crippen LogP contribution < -0.4 is 10.1 Å². The van der Waals surface area contributed by atoms with E-state index in [-0.39, 0.29) is 37.0 Å². The molecule has 9 heteroatoms. The van der Waals surface area contributed by atoms with E-state index < -0.39 is 12.0 Å². The molecular weight excluding hydrogens is 534 g/mol. The van der Waals surface area contributed by atoms with E-state index in [1.54, 1.807) is 30.3 Å². The molecule has 31 heavy (non-hydrogen) atoms. The Kier molecular flexibility index (Phi) is 9.33. The number of hydrogen-bond acceptors (Lipinski definition) is 6. The van der Waals surface area contributed by atoms with Gasteiger partial charge in [-0.2, -0.15) is 0 Å². The van der Waals surface area contributed by atoms with Gasteiger partial charge in [0.2, 0.25) is 5.91 Å². The standard InChI is InChI=1S/C22H25Br2NO6/c1-12(2)15-11-14(4-5-19(15)27)31-21-16(23)8-13(9-17(21)24)10-20(28)25-18(6-7-26)22(29)30-3/h4-5,8-9,11-12,18,26-27H,6-7,10H2,1-3H3,(H,25,28)/t18-/m0/s1. The number of aliphatic hydroxyl groups excluding tert-OH is 1. The van der Waals surface area contributed by atoms with Crippen LogP contribution in [0.4, 0.5) is 0 Å². The van der Waals surface area contributed by atoms with Gasteiger partial charge in [-0.1, -0.05) is 13.8 Å². The molecule has 0 aromatic heterocycles. The van der Waals surface area contributed by atoms with Crippen LogP contribution in [0.1, 0.15) is 37.3 Å². The molecule has 0 aliphatic heterocycles. The average Bonchev–Trinajstić information content (AvgIpc) is 2.70. The number of esters is 1. The molecule has 0 unspecified atom stereocenters. The van der Waals surface area contributed by atoms with Crippen molar-refractivity contribution in [1.82, 2.24) is 5.32 Å². The van der Waals surface area contributed by atoms with Crippen LogP contribution in [0.3, 0.4) is 0 Å². The summed E-state index contributed by atoms with van der Waals surface area (Å²) in [6, 6.07) is 7.66. The Bertz CT molecular complexity index is 925. The van der Waals surface area contributed by atoms with Gasteiger partial charge in [-0.05, 0) is 73.7 Å². The van der Waals surface area contributed by atoms with Gasteiger partial charge in [0.05, 0.1) is 22.5 Å². The lowest BCUT2D eigenvalue weighted by atomic mass is 10.0. The van der Waals surface area contributed by atoms with Crippen LogP contribution in [0.25, 0.3) is 0 Å². The molecule has 0 saturated carbocycles. The van der Waals surface area contributed by atoms with Crippen LogP contribution in [0.15, 0.2) is 39.3 Å². The molecule has 0 radical (unpaired) electrons. The highest BCUT2D eigenvalue weighted by Gasteiger charge is 2.21. The van der Waals surface area contributed by atoms with Gasteiger partial charge >= 0.3 is 5.97 Å². The van der Waals surface area contributed by atoms with Gasteiger partial charge in [0.25, 0.3) is 0 Å². The van der Waals surface area contributed by atoms with Crippen molar-refractivity contribution in [3.05, 3.63) is 50.4 Å². The highest BCUT2D eigenvalue weighted by Crippen LogP contribution is 2.39. The van der Waals surface area contributed by atoms with Gasteiger partial charge < -0.3 is 25.0 Å². The second kappa shape index (κ2) is 11.5. The smallest absolute Gasteiger partial charge is 0.328 e. The van der Waals surface area contributed by atoms with E-state index in [2.05, 4.69) is 41.9 Å². The van der Waals surface area contributed by atoms with E-state index in [0.29, 0.717) is 26.0 Å². The topological polar surface area (TPSA) is 105 Å². The molecule has 0 fully saturated rings. The normalized spacial score (nSPS) is 11.8. The SMILES string of the molecule is COC(=O)[C@H](CCO)NC(=O)Cc1cc(Br)c(Oc2ccc(O)c(C(C)C)c2)c(Br)c1. The first-order valence-corrected chi connectivity index (χ1v) is 11.2. The number of phenols is 1. The number of carbonyl (C=O) groups is 2. The Labute approximate surface area is 198 Å². The predicted molar refractivity (Wildman–Crippen MR) is 123 cm³/mol. The number of nitrogens with one attached hydrogen (secondary N) is 1. The molecule has 0 heterocycles. The summed E-state index contributed by atoms with van der Waals surface area (Å²) in [4.78, 5) is 24.1. The summed E-state index contributed by atoms with van der Waals surface area (Å²) in [6.07, 6.45) is 0.0939. The van der Waals surface area contributed by atoms with Crippen molar-refractivity contribution >= 4 is 43.7 Å². The second-order valence-electron chi connectivity index (χ2n) is 7.20. The highest BCUT2D eigenvalue weighted by molar-refractivity contribution is 9.11. The lowest BCUT2D eigenvalue weighted by Crippen LogP contribution is -2.42. The highest BCUT2D eigenvalue weighted by atomic mass is 79.9. The van der Waals surface area contributed by atoms with Crippen LogP contribution in [-0.2, 0) is 20.7 Å². The van der Waals surface area contributed by atoms with Crippen LogP contribution in [0, 0.1) is 0 Å². The Hall–Kier alpha value is -2.10. The fraction of sp³-hybridized carbons (Fsp3) is 0.364. The molecule has 2 aromatic carbocycles. The maximum Gasteiger partial charge on any atom is 0.328 e. The fourth-order valence-corrected chi connectivity index (χ4v) is 4.38.